The van der Waals surface area contributed by atoms with Crippen LogP contribution in [-0.4, -0.2) is 29.7 Å². The standard InChI is InChI=1S/C15H23N3O3/c1-21-9-8-18-11-12(4-5-14(18)20)17-13(19)10-15(16)6-2-3-7-15/h4-5,11H,2-3,6-10,16H2,1H3,(H,17,19). The van der Waals surface area contributed by atoms with E-state index in [1.54, 1.807) is 19.4 Å². The highest BCUT2D eigenvalue weighted by Gasteiger charge is 2.31. The Balaban J connectivity index is 1.98. The monoisotopic (exact) mass is 293 g/mol. The summed E-state index contributed by atoms with van der Waals surface area (Å²) in [6.45, 7) is 0.906. The van der Waals surface area contributed by atoms with Gasteiger partial charge in [0.15, 0.2) is 0 Å². The van der Waals surface area contributed by atoms with Gasteiger partial charge in [0.1, 0.15) is 0 Å². The van der Waals surface area contributed by atoms with Gasteiger partial charge in [-0.05, 0) is 18.9 Å². The van der Waals surface area contributed by atoms with E-state index in [9.17, 15) is 9.59 Å². The number of hydrogen-bond acceptors (Lipinski definition) is 4. The largest absolute Gasteiger partial charge is 0.383 e. The average Bonchev–Trinajstić information content (AvgIpc) is 2.85. The number of rotatable bonds is 6. The third kappa shape index (κ3) is 4.41. The fourth-order valence-electron chi connectivity index (χ4n) is 2.75. The lowest BCUT2D eigenvalue weighted by Crippen LogP contribution is -2.40. The predicted molar refractivity (Wildman–Crippen MR) is 81.2 cm³/mol. The molecule has 1 aromatic heterocycles. The van der Waals surface area contributed by atoms with Crippen molar-refractivity contribution in [3.05, 3.63) is 28.7 Å². The molecule has 3 N–H and O–H groups in total. The molecular weight excluding hydrogens is 270 g/mol. The number of carbonyl (C=O) groups is 1. The van der Waals surface area contributed by atoms with Crippen LogP contribution in [0.5, 0.6) is 0 Å². The fourth-order valence-corrected chi connectivity index (χ4v) is 2.75. The molecule has 1 fully saturated rings. The van der Waals surface area contributed by atoms with Gasteiger partial charge < -0.3 is 20.4 Å². The van der Waals surface area contributed by atoms with Crippen molar-refractivity contribution in [3.63, 3.8) is 0 Å². The smallest absolute Gasteiger partial charge is 0.250 e. The van der Waals surface area contributed by atoms with Crippen LogP contribution in [0.3, 0.4) is 0 Å². The topological polar surface area (TPSA) is 86.3 Å². The molecule has 1 amide bonds. The zero-order chi connectivity index (χ0) is 15.3. The van der Waals surface area contributed by atoms with E-state index in [4.69, 9.17) is 10.5 Å². The van der Waals surface area contributed by atoms with E-state index in [2.05, 4.69) is 5.32 Å². The molecule has 6 nitrogen and oxygen atoms in total. The molecule has 0 atom stereocenters. The Morgan fingerprint density at radius 3 is 2.81 bits per heavy atom. The normalized spacial score (nSPS) is 16.9. The number of nitrogens with two attached hydrogens (primary N) is 1. The summed E-state index contributed by atoms with van der Waals surface area (Å²) in [7, 11) is 1.58. The van der Waals surface area contributed by atoms with Crippen molar-refractivity contribution in [2.75, 3.05) is 19.0 Å². The van der Waals surface area contributed by atoms with Gasteiger partial charge in [-0.2, -0.15) is 0 Å². The van der Waals surface area contributed by atoms with Gasteiger partial charge in [-0.15, -0.1) is 0 Å². The molecular formula is C15H23N3O3. The van der Waals surface area contributed by atoms with Gasteiger partial charge in [0, 0.05) is 37.9 Å². The number of pyridine rings is 1. The molecule has 2 rings (SSSR count). The lowest BCUT2D eigenvalue weighted by atomic mass is 9.94. The highest BCUT2D eigenvalue weighted by atomic mass is 16.5. The minimum Gasteiger partial charge on any atom is -0.383 e. The average molecular weight is 293 g/mol. The molecule has 21 heavy (non-hydrogen) atoms. The SMILES string of the molecule is COCCn1cc(NC(=O)CC2(N)CCCC2)ccc1=O. The summed E-state index contributed by atoms with van der Waals surface area (Å²) < 4.78 is 6.48. The van der Waals surface area contributed by atoms with Crippen molar-refractivity contribution >= 4 is 11.6 Å². The molecule has 116 valence electrons. The third-order valence-electron chi connectivity index (χ3n) is 3.92. The third-order valence-corrected chi connectivity index (χ3v) is 3.92. The van der Waals surface area contributed by atoms with Crippen molar-refractivity contribution in [2.24, 2.45) is 5.73 Å². The molecule has 1 saturated carbocycles. The number of nitrogens with zero attached hydrogens (tertiary/aromatic N) is 1. The van der Waals surface area contributed by atoms with Crippen LogP contribution in [0, 0.1) is 0 Å². The zero-order valence-corrected chi connectivity index (χ0v) is 12.4. The van der Waals surface area contributed by atoms with E-state index < -0.39 is 0 Å². The van der Waals surface area contributed by atoms with Crippen molar-refractivity contribution in [1.82, 2.24) is 4.57 Å². The second-order valence-corrected chi connectivity index (χ2v) is 5.74. The lowest BCUT2D eigenvalue weighted by Gasteiger charge is -2.22. The van der Waals surface area contributed by atoms with Crippen LogP contribution >= 0.6 is 0 Å². The molecule has 0 bridgehead atoms. The Bertz CT molecular complexity index is 547. The first-order valence-electron chi connectivity index (χ1n) is 7.31. The Morgan fingerprint density at radius 1 is 1.43 bits per heavy atom. The Morgan fingerprint density at radius 2 is 2.14 bits per heavy atom. The summed E-state index contributed by atoms with van der Waals surface area (Å²) in [6.07, 6.45) is 5.93. The maximum Gasteiger partial charge on any atom is 0.250 e. The van der Waals surface area contributed by atoms with Gasteiger partial charge >= 0.3 is 0 Å². The molecule has 0 unspecified atom stereocenters. The molecule has 1 heterocycles. The number of nitrogens with one attached hydrogen (secondary N) is 1. The van der Waals surface area contributed by atoms with Crippen molar-refractivity contribution in [3.8, 4) is 0 Å². The maximum atomic E-state index is 12.1. The summed E-state index contributed by atoms with van der Waals surface area (Å²) in [5.41, 5.74) is 6.33. The first kappa shape index (κ1) is 15.7. The summed E-state index contributed by atoms with van der Waals surface area (Å²) in [5, 5.41) is 2.82. The van der Waals surface area contributed by atoms with Crippen molar-refractivity contribution in [1.29, 1.82) is 0 Å². The molecule has 1 aliphatic rings. The second-order valence-electron chi connectivity index (χ2n) is 5.74. The summed E-state index contributed by atoms with van der Waals surface area (Å²) in [5.74, 6) is -0.101. The quantitative estimate of drug-likeness (QED) is 0.822. The van der Waals surface area contributed by atoms with Gasteiger partial charge in [-0.3, -0.25) is 9.59 Å². The molecule has 0 radical (unpaired) electrons. The summed E-state index contributed by atoms with van der Waals surface area (Å²) in [6, 6.07) is 3.06. The predicted octanol–water partition coefficient (Wildman–Crippen LogP) is 1.09. The van der Waals surface area contributed by atoms with Crippen LogP contribution in [0.2, 0.25) is 0 Å². The molecule has 0 aromatic carbocycles. The van der Waals surface area contributed by atoms with E-state index in [1.807, 2.05) is 0 Å². The van der Waals surface area contributed by atoms with E-state index in [1.165, 1.54) is 10.6 Å². The second kappa shape index (κ2) is 6.87. The van der Waals surface area contributed by atoms with E-state index >= 15 is 0 Å². The minimum absolute atomic E-state index is 0.101. The van der Waals surface area contributed by atoms with Crippen molar-refractivity contribution in [2.45, 2.75) is 44.2 Å². The Kier molecular flexibility index (Phi) is 5.14. The van der Waals surface area contributed by atoms with Crippen molar-refractivity contribution < 1.29 is 9.53 Å². The summed E-state index contributed by atoms with van der Waals surface area (Å²) >= 11 is 0. The number of methoxy groups -OCH3 is 1. The number of amides is 1. The number of aromatic nitrogens is 1. The van der Waals surface area contributed by atoms with Crippen LogP contribution < -0.4 is 16.6 Å². The Labute approximate surface area is 124 Å². The van der Waals surface area contributed by atoms with Crippen LogP contribution in [0.1, 0.15) is 32.1 Å². The van der Waals surface area contributed by atoms with Gasteiger partial charge in [0.2, 0.25) is 5.91 Å². The number of anilines is 1. The van der Waals surface area contributed by atoms with Crippen LogP contribution in [0.4, 0.5) is 5.69 Å². The first-order valence-corrected chi connectivity index (χ1v) is 7.31. The van der Waals surface area contributed by atoms with E-state index in [0.717, 1.165) is 25.7 Å². The highest BCUT2D eigenvalue weighted by Crippen LogP contribution is 2.30. The van der Waals surface area contributed by atoms with Crippen LogP contribution in [0.15, 0.2) is 23.1 Å². The molecule has 0 aliphatic heterocycles. The minimum atomic E-state index is -0.366. The van der Waals surface area contributed by atoms with Gasteiger partial charge in [0.25, 0.3) is 5.56 Å². The molecule has 1 aromatic rings. The van der Waals surface area contributed by atoms with E-state index in [-0.39, 0.29) is 17.0 Å². The molecule has 6 heteroatoms. The van der Waals surface area contributed by atoms with Crippen LogP contribution in [-0.2, 0) is 16.1 Å². The first-order chi connectivity index (χ1) is 10.0. The number of ether oxygens (including phenoxy) is 1. The molecule has 0 spiro atoms. The number of hydrogen-bond donors (Lipinski definition) is 2. The number of carbonyl (C=O) groups excluding carboxylic acids is 1. The zero-order valence-electron chi connectivity index (χ0n) is 12.4. The van der Waals surface area contributed by atoms with Gasteiger partial charge in [-0.1, -0.05) is 12.8 Å². The Hall–Kier alpha value is -1.66. The van der Waals surface area contributed by atoms with Gasteiger partial charge in [-0.25, -0.2) is 0 Å². The lowest BCUT2D eigenvalue weighted by molar-refractivity contribution is -0.117. The van der Waals surface area contributed by atoms with E-state index in [0.29, 0.717) is 25.3 Å². The summed E-state index contributed by atoms with van der Waals surface area (Å²) in [4.78, 5) is 23.7. The maximum absolute atomic E-state index is 12.1. The molecule has 1 aliphatic carbocycles. The van der Waals surface area contributed by atoms with Crippen LogP contribution in [0.25, 0.3) is 0 Å². The fraction of sp³-hybridized carbons (Fsp3) is 0.600. The molecule has 0 saturated heterocycles. The highest BCUT2D eigenvalue weighted by molar-refractivity contribution is 5.91. The van der Waals surface area contributed by atoms with Gasteiger partial charge in [0.05, 0.1) is 12.3 Å².